The minimum absolute atomic E-state index is 0.0781. The van der Waals surface area contributed by atoms with Crippen LogP contribution in [0.5, 0.6) is 0 Å². The Hall–Kier alpha value is -1.65. The van der Waals surface area contributed by atoms with Gasteiger partial charge in [-0.05, 0) is 0 Å². The van der Waals surface area contributed by atoms with Crippen LogP contribution in [0.25, 0.3) is 16.2 Å². The zero-order valence-corrected chi connectivity index (χ0v) is 9.31. The lowest BCUT2D eigenvalue weighted by molar-refractivity contribution is 0.285. The molecule has 1 N–H and O–H groups in total. The molecule has 1 aromatic carbocycles. The Balaban J connectivity index is 2.10. The van der Waals surface area contributed by atoms with E-state index in [0.717, 1.165) is 21.1 Å². The van der Waals surface area contributed by atoms with Gasteiger partial charge in [0.05, 0.1) is 17.2 Å². The molecule has 0 atom stereocenters. The van der Waals surface area contributed by atoms with Crippen LogP contribution in [0, 0.1) is 0 Å². The average Bonchev–Trinajstić information content (AvgIpc) is 2.87. The van der Waals surface area contributed by atoms with E-state index < -0.39 is 0 Å². The van der Waals surface area contributed by atoms with E-state index in [-0.39, 0.29) is 6.61 Å². The molecule has 16 heavy (non-hydrogen) atoms. The predicted molar refractivity (Wildman–Crippen MR) is 64.4 cm³/mol. The standard InChI is InChI=1S/C12H10N2OS/c15-8-10-6-14-7-11(13-12(14)16-10)9-4-2-1-3-5-9/h1-7,15H,8H2. The molecule has 4 heteroatoms. The van der Waals surface area contributed by atoms with Gasteiger partial charge in [0.1, 0.15) is 0 Å². The van der Waals surface area contributed by atoms with Gasteiger partial charge in [0.2, 0.25) is 0 Å². The van der Waals surface area contributed by atoms with Gasteiger partial charge in [-0.1, -0.05) is 41.7 Å². The van der Waals surface area contributed by atoms with Crippen LogP contribution in [0.1, 0.15) is 4.88 Å². The number of aliphatic hydroxyl groups is 1. The van der Waals surface area contributed by atoms with E-state index in [2.05, 4.69) is 4.98 Å². The van der Waals surface area contributed by atoms with Gasteiger partial charge in [0, 0.05) is 18.0 Å². The van der Waals surface area contributed by atoms with Crippen molar-refractivity contribution < 1.29 is 5.11 Å². The van der Waals surface area contributed by atoms with Crippen molar-refractivity contribution in [1.29, 1.82) is 0 Å². The smallest absolute Gasteiger partial charge is 0.194 e. The van der Waals surface area contributed by atoms with Crippen LogP contribution in [-0.4, -0.2) is 14.5 Å². The van der Waals surface area contributed by atoms with Crippen LogP contribution >= 0.6 is 11.3 Å². The van der Waals surface area contributed by atoms with Gasteiger partial charge in [0.15, 0.2) is 4.96 Å². The fourth-order valence-corrected chi connectivity index (χ4v) is 2.48. The van der Waals surface area contributed by atoms with Gasteiger partial charge in [-0.25, -0.2) is 4.98 Å². The first-order valence-corrected chi connectivity index (χ1v) is 5.82. The molecule has 80 valence electrons. The molecule has 0 aliphatic heterocycles. The zero-order chi connectivity index (χ0) is 11.0. The predicted octanol–water partition coefficient (Wildman–Crippen LogP) is 2.56. The van der Waals surface area contributed by atoms with Gasteiger partial charge in [0.25, 0.3) is 0 Å². The second-order valence-corrected chi connectivity index (χ2v) is 4.63. The molecule has 2 heterocycles. The number of fused-ring (bicyclic) bond motifs is 1. The molecule has 0 aliphatic carbocycles. The highest BCUT2D eigenvalue weighted by molar-refractivity contribution is 7.17. The number of nitrogens with zero attached hydrogens (tertiary/aromatic N) is 2. The minimum Gasteiger partial charge on any atom is -0.391 e. The summed E-state index contributed by atoms with van der Waals surface area (Å²) < 4.78 is 1.96. The number of hydrogen-bond donors (Lipinski definition) is 1. The second kappa shape index (κ2) is 3.73. The zero-order valence-electron chi connectivity index (χ0n) is 8.50. The maximum absolute atomic E-state index is 9.01. The third-order valence-corrected chi connectivity index (χ3v) is 3.41. The first kappa shape index (κ1) is 9.57. The summed E-state index contributed by atoms with van der Waals surface area (Å²) in [4.78, 5) is 6.37. The molecule has 0 bridgehead atoms. The summed E-state index contributed by atoms with van der Waals surface area (Å²) in [6, 6.07) is 10.1. The van der Waals surface area contributed by atoms with Crippen molar-refractivity contribution in [3.63, 3.8) is 0 Å². The number of thiazole rings is 1. The Morgan fingerprint density at radius 2 is 2.00 bits per heavy atom. The summed E-state index contributed by atoms with van der Waals surface area (Å²) in [5.74, 6) is 0. The molecule has 0 aliphatic rings. The van der Waals surface area contributed by atoms with Crippen molar-refractivity contribution in [2.45, 2.75) is 6.61 Å². The molecule has 0 saturated heterocycles. The maximum Gasteiger partial charge on any atom is 0.194 e. The summed E-state index contributed by atoms with van der Waals surface area (Å²) in [6.07, 6.45) is 3.90. The van der Waals surface area contributed by atoms with Gasteiger partial charge in [-0.15, -0.1) is 0 Å². The number of benzene rings is 1. The lowest BCUT2D eigenvalue weighted by Gasteiger charge is -1.93. The molecular formula is C12H10N2OS. The molecule has 0 fully saturated rings. The Labute approximate surface area is 96.6 Å². The van der Waals surface area contributed by atoms with Crippen molar-refractivity contribution in [3.8, 4) is 11.3 Å². The molecule has 0 radical (unpaired) electrons. The van der Waals surface area contributed by atoms with Crippen molar-refractivity contribution >= 4 is 16.3 Å². The Kier molecular flexibility index (Phi) is 2.23. The fourth-order valence-electron chi connectivity index (χ4n) is 1.66. The van der Waals surface area contributed by atoms with Crippen molar-refractivity contribution in [3.05, 3.63) is 47.6 Å². The SMILES string of the molecule is OCc1cn2cc(-c3ccccc3)nc2s1. The molecule has 3 nitrogen and oxygen atoms in total. The molecule has 0 unspecified atom stereocenters. The maximum atomic E-state index is 9.01. The molecular weight excluding hydrogens is 220 g/mol. The van der Waals surface area contributed by atoms with E-state index in [1.165, 1.54) is 11.3 Å². The van der Waals surface area contributed by atoms with E-state index >= 15 is 0 Å². The number of aromatic nitrogens is 2. The summed E-state index contributed by atoms with van der Waals surface area (Å²) >= 11 is 1.51. The molecule has 2 aromatic heterocycles. The van der Waals surface area contributed by atoms with Gasteiger partial charge in [-0.2, -0.15) is 0 Å². The quantitative estimate of drug-likeness (QED) is 0.734. The van der Waals surface area contributed by atoms with Gasteiger partial charge < -0.3 is 5.11 Å². The van der Waals surface area contributed by atoms with E-state index in [1.54, 1.807) is 0 Å². The van der Waals surface area contributed by atoms with E-state index in [4.69, 9.17) is 5.11 Å². The lowest BCUT2D eigenvalue weighted by Crippen LogP contribution is -1.77. The van der Waals surface area contributed by atoms with Gasteiger partial charge in [-0.3, -0.25) is 4.40 Å². The monoisotopic (exact) mass is 230 g/mol. The molecule has 0 amide bonds. The highest BCUT2D eigenvalue weighted by atomic mass is 32.1. The Bertz CT molecular complexity index is 581. The highest BCUT2D eigenvalue weighted by Crippen LogP contribution is 2.23. The number of aliphatic hydroxyl groups excluding tert-OH is 1. The molecule has 3 rings (SSSR count). The fraction of sp³-hybridized carbons (Fsp3) is 0.0833. The van der Waals surface area contributed by atoms with Crippen LogP contribution in [-0.2, 0) is 6.61 Å². The molecule has 3 aromatic rings. The third kappa shape index (κ3) is 1.52. The van der Waals surface area contributed by atoms with E-state index in [9.17, 15) is 0 Å². The average molecular weight is 230 g/mol. The number of imidazole rings is 1. The lowest BCUT2D eigenvalue weighted by atomic mass is 10.2. The Morgan fingerprint density at radius 1 is 1.19 bits per heavy atom. The first-order valence-electron chi connectivity index (χ1n) is 5.00. The number of rotatable bonds is 2. The highest BCUT2D eigenvalue weighted by Gasteiger charge is 2.06. The van der Waals surface area contributed by atoms with Crippen molar-refractivity contribution in [2.24, 2.45) is 0 Å². The summed E-state index contributed by atoms with van der Waals surface area (Å²) in [5.41, 5.74) is 2.08. The van der Waals surface area contributed by atoms with Crippen LogP contribution < -0.4 is 0 Å². The van der Waals surface area contributed by atoms with E-state index in [1.807, 2.05) is 47.1 Å². The summed E-state index contributed by atoms with van der Waals surface area (Å²) in [5, 5.41) is 9.01. The van der Waals surface area contributed by atoms with Crippen molar-refractivity contribution in [1.82, 2.24) is 9.38 Å². The normalized spacial score (nSPS) is 11.1. The van der Waals surface area contributed by atoms with Crippen LogP contribution in [0.4, 0.5) is 0 Å². The first-order chi connectivity index (χ1) is 7.86. The van der Waals surface area contributed by atoms with Crippen molar-refractivity contribution in [2.75, 3.05) is 0 Å². The second-order valence-electron chi connectivity index (χ2n) is 3.54. The minimum atomic E-state index is 0.0781. The molecule has 0 spiro atoms. The number of hydrogen-bond acceptors (Lipinski definition) is 3. The van der Waals surface area contributed by atoms with E-state index in [0.29, 0.717) is 0 Å². The largest absolute Gasteiger partial charge is 0.391 e. The summed E-state index contributed by atoms with van der Waals surface area (Å²) in [6.45, 7) is 0.0781. The Morgan fingerprint density at radius 3 is 2.69 bits per heavy atom. The topological polar surface area (TPSA) is 37.5 Å². The molecule has 0 saturated carbocycles. The summed E-state index contributed by atoms with van der Waals surface area (Å²) in [7, 11) is 0. The van der Waals surface area contributed by atoms with Crippen LogP contribution in [0.2, 0.25) is 0 Å². The van der Waals surface area contributed by atoms with Gasteiger partial charge >= 0.3 is 0 Å². The van der Waals surface area contributed by atoms with Crippen LogP contribution in [0.15, 0.2) is 42.7 Å². The van der Waals surface area contributed by atoms with Crippen LogP contribution in [0.3, 0.4) is 0 Å². The third-order valence-electron chi connectivity index (χ3n) is 2.43.